The summed E-state index contributed by atoms with van der Waals surface area (Å²) in [5.74, 6) is -1.26. The summed E-state index contributed by atoms with van der Waals surface area (Å²) in [7, 11) is 0. The maximum Gasteiger partial charge on any atom is 0.324 e. The van der Waals surface area contributed by atoms with E-state index in [1.807, 2.05) is 0 Å². The molecule has 4 nitrogen and oxygen atoms in total. The predicted octanol–water partition coefficient (Wildman–Crippen LogP) is 3.53. The van der Waals surface area contributed by atoms with Crippen molar-refractivity contribution in [1.82, 2.24) is 0 Å². The van der Waals surface area contributed by atoms with Gasteiger partial charge in [0.05, 0.1) is 0 Å². The molecule has 2 fully saturated rings. The molecular formula is C16H26O4. The van der Waals surface area contributed by atoms with Gasteiger partial charge in [-0.2, -0.15) is 0 Å². The molecule has 2 saturated carbocycles. The van der Waals surface area contributed by atoms with Crippen LogP contribution in [0, 0.1) is 11.3 Å². The van der Waals surface area contributed by atoms with E-state index in [0.717, 1.165) is 38.5 Å². The summed E-state index contributed by atoms with van der Waals surface area (Å²) < 4.78 is 5.87. The quantitative estimate of drug-likeness (QED) is 0.633. The number of carbonyl (C=O) groups excluding carboxylic acids is 1. The number of rotatable bonds is 4. The standard InChI is InChI=1S/C16H26O4/c1-12(2)16(10-4-3-5-11-16)20-14(19)15(13(17)18)8-6-7-9-15/h12H,3-11H2,1-2H3,(H,17,18). The maximum absolute atomic E-state index is 12.6. The summed E-state index contributed by atoms with van der Waals surface area (Å²) in [5.41, 5.74) is -1.72. The number of hydrogen-bond donors (Lipinski definition) is 1. The highest BCUT2D eigenvalue weighted by Gasteiger charge is 2.52. The molecule has 4 heteroatoms. The minimum absolute atomic E-state index is 0.235. The van der Waals surface area contributed by atoms with Crippen LogP contribution in [0.2, 0.25) is 0 Å². The molecule has 0 amide bonds. The first-order valence-corrected chi connectivity index (χ1v) is 7.90. The SMILES string of the molecule is CC(C)C1(OC(=O)C2(C(=O)O)CCCC2)CCCCC1. The first-order chi connectivity index (χ1) is 9.43. The summed E-state index contributed by atoms with van der Waals surface area (Å²) in [4.78, 5) is 24.2. The molecule has 2 rings (SSSR count). The van der Waals surface area contributed by atoms with Gasteiger partial charge in [-0.25, -0.2) is 0 Å². The second kappa shape index (κ2) is 5.74. The maximum atomic E-state index is 12.6. The smallest absolute Gasteiger partial charge is 0.324 e. The lowest BCUT2D eigenvalue weighted by Gasteiger charge is -2.42. The van der Waals surface area contributed by atoms with Gasteiger partial charge in [-0.05, 0) is 44.4 Å². The Bertz CT molecular complexity index is 374. The Morgan fingerprint density at radius 1 is 0.950 bits per heavy atom. The molecule has 2 aliphatic rings. The molecule has 0 heterocycles. The highest BCUT2D eigenvalue weighted by molar-refractivity contribution is 5.99. The predicted molar refractivity (Wildman–Crippen MR) is 75.3 cm³/mol. The third-order valence-electron chi connectivity index (χ3n) is 5.31. The molecule has 0 aromatic heterocycles. The van der Waals surface area contributed by atoms with Gasteiger partial charge in [-0.3, -0.25) is 9.59 Å². The van der Waals surface area contributed by atoms with Crippen molar-refractivity contribution in [3.8, 4) is 0 Å². The van der Waals surface area contributed by atoms with Gasteiger partial charge in [-0.1, -0.05) is 33.1 Å². The third kappa shape index (κ3) is 2.57. The van der Waals surface area contributed by atoms with E-state index < -0.39 is 23.0 Å². The van der Waals surface area contributed by atoms with Crippen LogP contribution in [0.15, 0.2) is 0 Å². The van der Waals surface area contributed by atoms with Crippen LogP contribution in [0.4, 0.5) is 0 Å². The van der Waals surface area contributed by atoms with E-state index in [4.69, 9.17) is 4.74 Å². The van der Waals surface area contributed by atoms with Crippen LogP contribution in [-0.4, -0.2) is 22.6 Å². The molecule has 0 saturated heterocycles. The Labute approximate surface area is 120 Å². The molecule has 2 aliphatic carbocycles. The number of ether oxygens (including phenoxy) is 1. The highest BCUT2D eigenvalue weighted by Crippen LogP contribution is 2.44. The van der Waals surface area contributed by atoms with Crippen molar-refractivity contribution in [1.29, 1.82) is 0 Å². The topological polar surface area (TPSA) is 63.6 Å². The Kier molecular flexibility index (Phi) is 4.40. The molecule has 0 aromatic rings. The summed E-state index contributed by atoms with van der Waals surface area (Å²) >= 11 is 0. The minimum Gasteiger partial charge on any atom is -0.480 e. The van der Waals surface area contributed by atoms with E-state index in [2.05, 4.69) is 13.8 Å². The minimum atomic E-state index is -1.28. The number of carbonyl (C=O) groups is 2. The second-order valence-electron chi connectivity index (χ2n) is 6.76. The van der Waals surface area contributed by atoms with Crippen molar-refractivity contribution in [2.45, 2.75) is 77.2 Å². The molecular weight excluding hydrogens is 256 g/mol. The molecule has 0 aliphatic heterocycles. The lowest BCUT2D eigenvalue weighted by Crippen LogP contribution is -2.48. The van der Waals surface area contributed by atoms with Gasteiger partial charge in [-0.15, -0.1) is 0 Å². The lowest BCUT2D eigenvalue weighted by atomic mass is 9.76. The molecule has 0 unspecified atom stereocenters. The molecule has 1 N–H and O–H groups in total. The van der Waals surface area contributed by atoms with Gasteiger partial charge >= 0.3 is 11.9 Å². The Balaban J connectivity index is 2.17. The van der Waals surface area contributed by atoms with E-state index in [-0.39, 0.29) is 5.92 Å². The molecule has 0 aromatic carbocycles. The van der Waals surface area contributed by atoms with Gasteiger partial charge in [0, 0.05) is 0 Å². The van der Waals surface area contributed by atoms with E-state index in [1.165, 1.54) is 6.42 Å². The zero-order valence-electron chi connectivity index (χ0n) is 12.6. The Hall–Kier alpha value is -1.06. The number of aliphatic carboxylic acids is 1. The highest BCUT2D eigenvalue weighted by atomic mass is 16.6. The lowest BCUT2D eigenvalue weighted by molar-refractivity contribution is -0.187. The fraction of sp³-hybridized carbons (Fsp3) is 0.875. The number of esters is 1. The molecule has 0 radical (unpaired) electrons. The van der Waals surface area contributed by atoms with Crippen LogP contribution in [-0.2, 0) is 14.3 Å². The normalized spacial score (nSPS) is 24.6. The first kappa shape index (κ1) is 15.3. The second-order valence-corrected chi connectivity index (χ2v) is 6.76. The van der Waals surface area contributed by atoms with E-state index in [9.17, 15) is 14.7 Å². The molecule has 0 spiro atoms. The monoisotopic (exact) mass is 282 g/mol. The zero-order valence-corrected chi connectivity index (χ0v) is 12.6. The van der Waals surface area contributed by atoms with Gasteiger partial charge < -0.3 is 9.84 Å². The van der Waals surface area contributed by atoms with Crippen molar-refractivity contribution < 1.29 is 19.4 Å². The van der Waals surface area contributed by atoms with E-state index >= 15 is 0 Å². The number of hydrogen-bond acceptors (Lipinski definition) is 3. The fourth-order valence-electron chi connectivity index (χ4n) is 3.71. The average molecular weight is 282 g/mol. The van der Waals surface area contributed by atoms with Crippen LogP contribution in [0.5, 0.6) is 0 Å². The zero-order chi connectivity index (χ0) is 14.8. The molecule has 0 atom stereocenters. The van der Waals surface area contributed by atoms with Crippen molar-refractivity contribution in [2.75, 3.05) is 0 Å². The summed E-state index contributed by atoms with van der Waals surface area (Å²) in [5, 5.41) is 9.49. The van der Waals surface area contributed by atoms with Crippen LogP contribution < -0.4 is 0 Å². The van der Waals surface area contributed by atoms with Gasteiger partial charge in [0.2, 0.25) is 0 Å². The van der Waals surface area contributed by atoms with Crippen molar-refractivity contribution in [3.63, 3.8) is 0 Å². The largest absolute Gasteiger partial charge is 0.480 e. The summed E-state index contributed by atoms with van der Waals surface area (Å²) in [6.07, 6.45) is 7.49. The van der Waals surface area contributed by atoms with Crippen LogP contribution >= 0.6 is 0 Å². The fourth-order valence-corrected chi connectivity index (χ4v) is 3.71. The van der Waals surface area contributed by atoms with Crippen molar-refractivity contribution >= 4 is 11.9 Å². The van der Waals surface area contributed by atoms with Crippen molar-refractivity contribution in [3.05, 3.63) is 0 Å². The van der Waals surface area contributed by atoms with Gasteiger partial charge in [0.15, 0.2) is 5.41 Å². The van der Waals surface area contributed by atoms with Crippen LogP contribution in [0.1, 0.15) is 71.6 Å². The number of carboxylic acid groups (broad SMARTS) is 1. The molecule has 114 valence electrons. The summed E-state index contributed by atoms with van der Waals surface area (Å²) in [6.45, 7) is 4.14. The third-order valence-corrected chi connectivity index (χ3v) is 5.31. The number of carboxylic acids is 1. The first-order valence-electron chi connectivity index (χ1n) is 7.90. The summed E-state index contributed by atoms with van der Waals surface area (Å²) in [6, 6.07) is 0. The average Bonchev–Trinajstić information content (AvgIpc) is 2.90. The van der Waals surface area contributed by atoms with Crippen LogP contribution in [0.3, 0.4) is 0 Å². The van der Waals surface area contributed by atoms with Crippen molar-refractivity contribution in [2.24, 2.45) is 11.3 Å². The Morgan fingerprint density at radius 3 is 1.90 bits per heavy atom. The molecule has 0 bridgehead atoms. The molecule has 20 heavy (non-hydrogen) atoms. The van der Waals surface area contributed by atoms with Gasteiger partial charge in [0.1, 0.15) is 5.60 Å². The Morgan fingerprint density at radius 2 is 1.45 bits per heavy atom. The van der Waals surface area contributed by atoms with Gasteiger partial charge in [0.25, 0.3) is 0 Å². The van der Waals surface area contributed by atoms with Crippen LogP contribution in [0.25, 0.3) is 0 Å². The van der Waals surface area contributed by atoms with E-state index in [0.29, 0.717) is 12.8 Å². The van der Waals surface area contributed by atoms with E-state index in [1.54, 1.807) is 0 Å².